The standard InChI is InChI=1S/C9H17INO/c10-6-9-7-12-8-11(9)4-2-1-3-5-11/h9H,1-8H2/q+1/t9-/m0/s1. The van der Waals surface area contributed by atoms with Crippen LogP contribution < -0.4 is 0 Å². The van der Waals surface area contributed by atoms with Gasteiger partial charge in [-0.1, -0.05) is 22.6 Å². The summed E-state index contributed by atoms with van der Waals surface area (Å²) >= 11 is 2.51. The maximum absolute atomic E-state index is 5.61. The van der Waals surface area contributed by atoms with E-state index in [9.17, 15) is 0 Å². The van der Waals surface area contributed by atoms with E-state index in [4.69, 9.17) is 4.74 Å². The highest BCUT2D eigenvalue weighted by molar-refractivity contribution is 14.1. The topological polar surface area (TPSA) is 9.23 Å². The van der Waals surface area contributed by atoms with Gasteiger partial charge in [-0.15, -0.1) is 0 Å². The molecule has 0 bridgehead atoms. The summed E-state index contributed by atoms with van der Waals surface area (Å²) in [6.07, 6.45) is 4.26. The molecule has 0 aromatic heterocycles. The molecule has 2 aliphatic rings. The summed E-state index contributed by atoms with van der Waals surface area (Å²) < 4.78 is 8.15. The van der Waals surface area contributed by atoms with Crippen molar-refractivity contribution in [1.82, 2.24) is 0 Å². The van der Waals surface area contributed by atoms with E-state index in [1.54, 1.807) is 0 Å². The van der Waals surface area contributed by atoms with Gasteiger partial charge in [-0.3, -0.25) is 4.48 Å². The number of rotatable bonds is 1. The quantitative estimate of drug-likeness (QED) is 0.405. The summed E-state index contributed by atoms with van der Waals surface area (Å²) in [7, 11) is 0. The Morgan fingerprint density at radius 2 is 2.00 bits per heavy atom. The van der Waals surface area contributed by atoms with Crippen molar-refractivity contribution >= 4 is 22.6 Å². The van der Waals surface area contributed by atoms with Gasteiger partial charge in [0.1, 0.15) is 12.6 Å². The molecule has 2 aliphatic heterocycles. The van der Waals surface area contributed by atoms with E-state index in [1.807, 2.05) is 0 Å². The molecule has 2 rings (SSSR count). The van der Waals surface area contributed by atoms with Crippen molar-refractivity contribution in [2.45, 2.75) is 25.3 Å². The molecule has 0 aromatic rings. The molecule has 70 valence electrons. The second-order valence-electron chi connectivity index (χ2n) is 4.03. The highest BCUT2D eigenvalue weighted by Gasteiger charge is 2.42. The van der Waals surface area contributed by atoms with Crippen molar-refractivity contribution in [3.05, 3.63) is 0 Å². The Kier molecular flexibility index (Phi) is 2.92. The molecule has 2 fully saturated rings. The number of alkyl halides is 1. The Bertz CT molecular complexity index is 157. The van der Waals surface area contributed by atoms with Gasteiger partial charge in [0, 0.05) is 0 Å². The predicted molar refractivity (Wildman–Crippen MR) is 57.3 cm³/mol. The van der Waals surface area contributed by atoms with E-state index < -0.39 is 0 Å². The minimum absolute atomic E-state index is 0.797. The summed E-state index contributed by atoms with van der Waals surface area (Å²) in [6, 6.07) is 0.797. The highest BCUT2D eigenvalue weighted by Crippen LogP contribution is 2.28. The maximum atomic E-state index is 5.61. The van der Waals surface area contributed by atoms with Crippen LogP contribution in [0.4, 0.5) is 0 Å². The van der Waals surface area contributed by atoms with Gasteiger partial charge >= 0.3 is 0 Å². The zero-order valence-corrected chi connectivity index (χ0v) is 9.63. The van der Waals surface area contributed by atoms with E-state index in [2.05, 4.69) is 22.6 Å². The van der Waals surface area contributed by atoms with E-state index in [0.717, 1.165) is 19.4 Å². The molecule has 12 heavy (non-hydrogen) atoms. The minimum Gasteiger partial charge on any atom is -0.325 e. The van der Waals surface area contributed by atoms with E-state index in [-0.39, 0.29) is 0 Å². The Hall–Kier alpha value is 0.650. The third kappa shape index (κ3) is 1.51. The Morgan fingerprint density at radius 1 is 1.25 bits per heavy atom. The maximum Gasteiger partial charge on any atom is 0.183 e. The molecule has 0 unspecified atom stereocenters. The molecule has 2 nitrogen and oxygen atoms in total. The van der Waals surface area contributed by atoms with E-state index >= 15 is 0 Å². The third-order valence-corrected chi connectivity index (χ3v) is 4.33. The van der Waals surface area contributed by atoms with Crippen LogP contribution in [-0.2, 0) is 4.74 Å². The fourth-order valence-corrected chi connectivity index (χ4v) is 3.55. The van der Waals surface area contributed by atoms with Crippen LogP contribution in [0.1, 0.15) is 19.3 Å². The third-order valence-electron chi connectivity index (χ3n) is 3.32. The number of halogens is 1. The van der Waals surface area contributed by atoms with Crippen molar-refractivity contribution in [3.8, 4) is 0 Å². The fourth-order valence-electron chi connectivity index (χ4n) is 2.46. The molecule has 3 heteroatoms. The van der Waals surface area contributed by atoms with Crippen LogP contribution in [0.3, 0.4) is 0 Å². The molecule has 2 heterocycles. The fraction of sp³-hybridized carbons (Fsp3) is 1.00. The van der Waals surface area contributed by atoms with Crippen LogP contribution in [0.5, 0.6) is 0 Å². The molecular weight excluding hydrogens is 265 g/mol. The van der Waals surface area contributed by atoms with Crippen LogP contribution in [0.15, 0.2) is 0 Å². The van der Waals surface area contributed by atoms with Gasteiger partial charge in [-0.05, 0) is 19.3 Å². The number of hydrogen-bond acceptors (Lipinski definition) is 1. The monoisotopic (exact) mass is 282 g/mol. The van der Waals surface area contributed by atoms with E-state index in [1.165, 1.54) is 41.3 Å². The molecule has 1 spiro atoms. The summed E-state index contributed by atoms with van der Waals surface area (Å²) in [5, 5.41) is 0. The zero-order chi connectivity index (χ0) is 8.44. The molecule has 0 N–H and O–H groups in total. The van der Waals surface area contributed by atoms with Gasteiger partial charge in [0.2, 0.25) is 0 Å². The molecule has 0 radical (unpaired) electrons. The van der Waals surface area contributed by atoms with Gasteiger partial charge in [-0.25, -0.2) is 0 Å². The largest absolute Gasteiger partial charge is 0.325 e. The van der Waals surface area contributed by atoms with Crippen LogP contribution in [0.25, 0.3) is 0 Å². The predicted octanol–water partition coefficient (Wildman–Crippen LogP) is 1.78. The Labute approximate surface area is 88.0 Å². The SMILES string of the molecule is IC[C@H]1COC[N+]12CCCCC2. The van der Waals surface area contributed by atoms with Crippen LogP contribution in [0, 0.1) is 0 Å². The average Bonchev–Trinajstić information content (AvgIpc) is 2.49. The van der Waals surface area contributed by atoms with Crippen LogP contribution >= 0.6 is 22.6 Å². The number of quaternary nitrogens is 1. The number of hydrogen-bond donors (Lipinski definition) is 0. The van der Waals surface area contributed by atoms with Crippen LogP contribution in [0.2, 0.25) is 0 Å². The van der Waals surface area contributed by atoms with Gasteiger partial charge in [0.05, 0.1) is 17.5 Å². The Balaban J connectivity index is 2.05. The van der Waals surface area contributed by atoms with Crippen molar-refractivity contribution in [3.63, 3.8) is 0 Å². The molecular formula is C9H17INO+. The molecule has 1 atom stereocenters. The summed E-state index contributed by atoms with van der Waals surface area (Å²) in [4.78, 5) is 0. The summed E-state index contributed by atoms with van der Waals surface area (Å²) in [5.74, 6) is 0. The first-order valence-electron chi connectivity index (χ1n) is 4.87. The molecule has 0 saturated carbocycles. The number of nitrogens with zero attached hydrogens (tertiary/aromatic N) is 1. The molecule has 0 aliphatic carbocycles. The van der Waals surface area contributed by atoms with E-state index in [0.29, 0.717) is 0 Å². The van der Waals surface area contributed by atoms with Gasteiger partial charge in [-0.2, -0.15) is 0 Å². The molecule has 0 amide bonds. The lowest BCUT2D eigenvalue weighted by Crippen LogP contribution is -2.55. The normalized spacial score (nSPS) is 34.2. The Morgan fingerprint density at radius 3 is 2.67 bits per heavy atom. The second kappa shape index (κ2) is 3.80. The lowest BCUT2D eigenvalue weighted by Gasteiger charge is -2.40. The lowest BCUT2D eigenvalue weighted by atomic mass is 10.1. The van der Waals surface area contributed by atoms with Crippen molar-refractivity contribution < 1.29 is 9.22 Å². The van der Waals surface area contributed by atoms with Gasteiger partial charge < -0.3 is 4.74 Å². The first-order chi connectivity index (χ1) is 5.87. The van der Waals surface area contributed by atoms with Crippen LogP contribution in [-0.4, -0.2) is 41.4 Å². The summed E-state index contributed by atoms with van der Waals surface area (Å²) in [6.45, 7) is 4.73. The first kappa shape index (κ1) is 9.21. The number of piperidine rings is 1. The second-order valence-corrected chi connectivity index (χ2v) is 4.92. The van der Waals surface area contributed by atoms with Crippen molar-refractivity contribution in [1.29, 1.82) is 0 Å². The molecule has 2 saturated heterocycles. The highest BCUT2D eigenvalue weighted by atomic mass is 127. The smallest absolute Gasteiger partial charge is 0.183 e. The van der Waals surface area contributed by atoms with Gasteiger partial charge in [0.15, 0.2) is 6.73 Å². The molecule has 0 aromatic carbocycles. The minimum atomic E-state index is 0.797. The lowest BCUT2D eigenvalue weighted by molar-refractivity contribution is -0.947. The first-order valence-corrected chi connectivity index (χ1v) is 6.39. The summed E-state index contributed by atoms with van der Waals surface area (Å²) in [5.41, 5.74) is 0. The zero-order valence-electron chi connectivity index (χ0n) is 7.47. The van der Waals surface area contributed by atoms with Gasteiger partial charge in [0.25, 0.3) is 0 Å². The number of ether oxygens (including phenoxy) is 1. The van der Waals surface area contributed by atoms with Crippen molar-refractivity contribution in [2.75, 3.05) is 30.9 Å². The van der Waals surface area contributed by atoms with Crippen molar-refractivity contribution in [2.24, 2.45) is 0 Å². The average molecular weight is 282 g/mol.